The van der Waals surface area contributed by atoms with Crippen molar-refractivity contribution >= 4 is 11.8 Å². The molecule has 0 aliphatic carbocycles. The van der Waals surface area contributed by atoms with Crippen LogP contribution in [0.5, 0.6) is 0 Å². The summed E-state index contributed by atoms with van der Waals surface area (Å²) in [5.41, 5.74) is 0.955. The molecule has 1 atom stereocenters. The van der Waals surface area contributed by atoms with E-state index in [1.807, 2.05) is 9.80 Å². The lowest BCUT2D eigenvalue weighted by Gasteiger charge is -2.37. The first-order chi connectivity index (χ1) is 13.6. The number of carbonyl (C=O) groups is 2. The average Bonchev–Trinajstić information content (AvgIpc) is 3.37. The third kappa shape index (κ3) is 4.05. The summed E-state index contributed by atoms with van der Waals surface area (Å²) in [5, 5.41) is 0. The van der Waals surface area contributed by atoms with E-state index in [4.69, 9.17) is 9.47 Å². The second kappa shape index (κ2) is 8.17. The predicted octanol–water partition coefficient (Wildman–Crippen LogP) is 2.63. The summed E-state index contributed by atoms with van der Waals surface area (Å²) in [6.45, 7) is 3.14. The van der Waals surface area contributed by atoms with Crippen LogP contribution in [0.1, 0.15) is 50.1 Å². The number of rotatable bonds is 4. The number of piperidine rings is 1. The van der Waals surface area contributed by atoms with Crippen molar-refractivity contribution in [3.8, 4) is 0 Å². The van der Waals surface area contributed by atoms with Gasteiger partial charge < -0.3 is 19.3 Å². The normalized spacial score (nSPS) is 24.1. The van der Waals surface area contributed by atoms with Crippen LogP contribution in [0.3, 0.4) is 0 Å². The van der Waals surface area contributed by atoms with E-state index in [9.17, 15) is 14.0 Å². The minimum absolute atomic E-state index is 0.00360. The zero-order valence-electron chi connectivity index (χ0n) is 16.1. The summed E-state index contributed by atoms with van der Waals surface area (Å²) in [6.07, 6.45) is 3.61. The van der Waals surface area contributed by atoms with E-state index >= 15 is 0 Å². The van der Waals surface area contributed by atoms with Gasteiger partial charge in [0.1, 0.15) is 5.82 Å². The number of carbonyl (C=O) groups excluding carboxylic acids is 2. The summed E-state index contributed by atoms with van der Waals surface area (Å²) in [6, 6.07) is 6.33. The molecule has 3 fully saturated rings. The second-order valence-electron chi connectivity index (χ2n) is 7.79. The summed E-state index contributed by atoms with van der Waals surface area (Å²) >= 11 is 0. The molecule has 3 saturated heterocycles. The third-order valence-corrected chi connectivity index (χ3v) is 6.07. The lowest BCUT2D eigenvalue weighted by Crippen LogP contribution is -2.47. The molecule has 6 nitrogen and oxygen atoms in total. The molecule has 152 valence electrons. The highest BCUT2D eigenvalue weighted by molar-refractivity contribution is 5.84. The van der Waals surface area contributed by atoms with E-state index in [-0.39, 0.29) is 36.5 Å². The van der Waals surface area contributed by atoms with Crippen molar-refractivity contribution in [1.82, 2.24) is 9.80 Å². The second-order valence-corrected chi connectivity index (χ2v) is 7.79. The highest BCUT2D eigenvalue weighted by atomic mass is 19.1. The predicted molar refractivity (Wildman–Crippen MR) is 99.8 cm³/mol. The van der Waals surface area contributed by atoms with Gasteiger partial charge in [0.25, 0.3) is 0 Å². The Morgan fingerprint density at radius 2 is 1.64 bits per heavy atom. The van der Waals surface area contributed by atoms with Gasteiger partial charge in [-0.3, -0.25) is 9.59 Å². The van der Waals surface area contributed by atoms with Crippen LogP contribution in [0.25, 0.3) is 0 Å². The van der Waals surface area contributed by atoms with Crippen molar-refractivity contribution in [2.45, 2.75) is 50.4 Å². The number of amides is 2. The Kier molecular flexibility index (Phi) is 5.64. The number of hydrogen-bond acceptors (Lipinski definition) is 4. The van der Waals surface area contributed by atoms with E-state index in [0.717, 1.165) is 18.4 Å². The Hall–Kier alpha value is -1.99. The molecule has 3 heterocycles. The summed E-state index contributed by atoms with van der Waals surface area (Å²) in [4.78, 5) is 28.9. The van der Waals surface area contributed by atoms with Gasteiger partial charge in [-0.1, -0.05) is 12.1 Å². The molecular weight excluding hydrogens is 363 g/mol. The molecule has 4 rings (SSSR count). The number of nitrogens with zero attached hydrogens (tertiary/aromatic N) is 2. The fourth-order valence-electron chi connectivity index (χ4n) is 4.49. The van der Waals surface area contributed by atoms with Crippen LogP contribution in [-0.2, 0) is 19.1 Å². The van der Waals surface area contributed by atoms with Crippen LogP contribution in [0.15, 0.2) is 24.3 Å². The van der Waals surface area contributed by atoms with Crippen molar-refractivity contribution in [3.63, 3.8) is 0 Å². The van der Waals surface area contributed by atoms with Crippen molar-refractivity contribution in [1.29, 1.82) is 0 Å². The van der Waals surface area contributed by atoms with Gasteiger partial charge >= 0.3 is 0 Å². The molecule has 3 aliphatic heterocycles. The highest BCUT2D eigenvalue weighted by Crippen LogP contribution is 2.33. The minimum Gasteiger partial charge on any atom is -0.347 e. The summed E-state index contributed by atoms with van der Waals surface area (Å²) in [5.74, 6) is -0.762. The molecule has 1 unspecified atom stereocenters. The number of halogens is 1. The lowest BCUT2D eigenvalue weighted by atomic mass is 10.0. The largest absolute Gasteiger partial charge is 0.347 e. The Labute approximate surface area is 164 Å². The van der Waals surface area contributed by atoms with Crippen molar-refractivity contribution in [2.24, 2.45) is 0 Å². The maximum Gasteiger partial charge on any atom is 0.223 e. The molecule has 2 amide bonds. The first kappa shape index (κ1) is 19.3. The van der Waals surface area contributed by atoms with Gasteiger partial charge in [-0.2, -0.15) is 0 Å². The Balaban J connectivity index is 1.27. The SMILES string of the molecule is O=C(CCC(=O)N1CCCC1c1ccc(F)cc1)N1CCC2(CC1)OCCO2. The smallest absolute Gasteiger partial charge is 0.223 e. The zero-order valence-corrected chi connectivity index (χ0v) is 16.1. The molecule has 28 heavy (non-hydrogen) atoms. The molecule has 0 radical (unpaired) electrons. The van der Waals surface area contributed by atoms with Gasteiger partial charge in [0.15, 0.2) is 5.79 Å². The number of hydrogen-bond donors (Lipinski definition) is 0. The van der Waals surface area contributed by atoms with E-state index in [1.54, 1.807) is 12.1 Å². The monoisotopic (exact) mass is 390 g/mol. The van der Waals surface area contributed by atoms with E-state index in [1.165, 1.54) is 12.1 Å². The van der Waals surface area contributed by atoms with Gasteiger partial charge in [0.05, 0.1) is 19.3 Å². The number of benzene rings is 1. The molecule has 1 spiro atoms. The molecule has 0 bridgehead atoms. The topological polar surface area (TPSA) is 59.1 Å². The average molecular weight is 390 g/mol. The first-order valence-corrected chi connectivity index (χ1v) is 10.2. The first-order valence-electron chi connectivity index (χ1n) is 10.2. The van der Waals surface area contributed by atoms with Gasteiger partial charge in [-0.15, -0.1) is 0 Å². The molecule has 3 aliphatic rings. The Morgan fingerprint density at radius 1 is 1.00 bits per heavy atom. The van der Waals surface area contributed by atoms with Gasteiger partial charge in [-0.05, 0) is 30.5 Å². The van der Waals surface area contributed by atoms with Gasteiger partial charge in [0, 0.05) is 45.3 Å². The Bertz CT molecular complexity index is 708. The maximum atomic E-state index is 13.2. The number of ether oxygens (including phenoxy) is 2. The quantitative estimate of drug-likeness (QED) is 0.793. The standard InChI is InChI=1S/C21H27FN2O4/c22-17-5-3-16(4-6-17)18-2-1-11-24(18)20(26)8-7-19(25)23-12-9-21(10-13-23)27-14-15-28-21/h3-6,18H,1-2,7-15H2. The van der Waals surface area contributed by atoms with Crippen molar-refractivity contribution in [3.05, 3.63) is 35.6 Å². The van der Waals surface area contributed by atoms with Crippen LogP contribution in [-0.4, -0.2) is 60.2 Å². The fourth-order valence-corrected chi connectivity index (χ4v) is 4.49. The lowest BCUT2D eigenvalue weighted by molar-refractivity contribution is -0.187. The maximum absolute atomic E-state index is 13.2. The van der Waals surface area contributed by atoms with Crippen molar-refractivity contribution in [2.75, 3.05) is 32.8 Å². The van der Waals surface area contributed by atoms with Gasteiger partial charge in [-0.25, -0.2) is 4.39 Å². The van der Waals surface area contributed by atoms with E-state index in [0.29, 0.717) is 45.7 Å². The van der Waals surface area contributed by atoms with Crippen molar-refractivity contribution < 1.29 is 23.5 Å². The fraction of sp³-hybridized carbons (Fsp3) is 0.619. The van der Waals surface area contributed by atoms with Crippen LogP contribution in [0, 0.1) is 5.82 Å². The Morgan fingerprint density at radius 3 is 2.32 bits per heavy atom. The van der Waals surface area contributed by atoms with Crippen LogP contribution in [0.2, 0.25) is 0 Å². The summed E-state index contributed by atoms with van der Waals surface area (Å²) < 4.78 is 24.6. The van der Waals surface area contributed by atoms with Gasteiger partial charge in [0.2, 0.25) is 11.8 Å². The summed E-state index contributed by atoms with van der Waals surface area (Å²) in [7, 11) is 0. The van der Waals surface area contributed by atoms with E-state index in [2.05, 4.69) is 0 Å². The highest BCUT2D eigenvalue weighted by Gasteiger charge is 2.40. The molecule has 0 aromatic heterocycles. The third-order valence-electron chi connectivity index (χ3n) is 6.07. The molecule has 7 heteroatoms. The molecule has 0 saturated carbocycles. The van der Waals surface area contributed by atoms with Crippen LogP contribution in [0.4, 0.5) is 4.39 Å². The minimum atomic E-state index is -0.496. The number of likely N-dealkylation sites (tertiary alicyclic amines) is 2. The van der Waals surface area contributed by atoms with Crippen LogP contribution >= 0.6 is 0 Å². The molecule has 1 aromatic carbocycles. The molecule has 1 aromatic rings. The van der Waals surface area contributed by atoms with E-state index < -0.39 is 5.79 Å². The zero-order chi connectivity index (χ0) is 19.6. The molecule has 0 N–H and O–H groups in total. The molecular formula is C21H27FN2O4. The van der Waals surface area contributed by atoms with Crippen LogP contribution < -0.4 is 0 Å².